The molecule has 1 aliphatic rings. The molecule has 0 bridgehead atoms. The van der Waals surface area contributed by atoms with E-state index >= 15 is 0 Å². The van der Waals surface area contributed by atoms with Crippen molar-refractivity contribution in [1.82, 2.24) is 9.88 Å². The zero-order chi connectivity index (χ0) is 22.5. The lowest BCUT2D eigenvalue weighted by atomic mass is 10.1. The van der Waals surface area contributed by atoms with E-state index in [2.05, 4.69) is 15.5 Å². The molecule has 0 unspecified atom stereocenters. The van der Waals surface area contributed by atoms with Gasteiger partial charge in [0.25, 0.3) is 5.76 Å². The van der Waals surface area contributed by atoms with Gasteiger partial charge < -0.3 is 9.88 Å². The van der Waals surface area contributed by atoms with Crippen LogP contribution >= 0.6 is 23.5 Å². The minimum atomic E-state index is -2.46. The Morgan fingerprint density at radius 3 is 2.69 bits per heavy atom. The maximum absolute atomic E-state index is 13.9. The molecule has 1 aliphatic heterocycles. The number of hydrogen-bond donors (Lipinski definition) is 1. The number of alkyl halides is 2. The van der Waals surface area contributed by atoms with Gasteiger partial charge in [-0.1, -0.05) is 47.8 Å². The first-order chi connectivity index (χ1) is 15.5. The van der Waals surface area contributed by atoms with Crippen molar-refractivity contribution in [3.8, 4) is 5.69 Å². The quantitative estimate of drug-likeness (QED) is 0.295. The maximum Gasteiger partial charge on any atom is 0.288 e. The molecule has 1 N–H and O–H groups in total. The number of para-hydroxylation sites is 1. The number of thioether (sulfide) groups is 2. The largest absolute Gasteiger partial charge is 0.321 e. The minimum Gasteiger partial charge on any atom is -0.321 e. The fraction of sp³-hybridized carbons (Fsp3) is 0.136. The number of carbonyl (C=O) groups excluding carboxylic acids is 1. The average molecular weight is 475 g/mol. The molecule has 1 fully saturated rings. The molecule has 3 aromatic rings. The van der Waals surface area contributed by atoms with E-state index in [1.54, 1.807) is 65.5 Å². The van der Waals surface area contributed by atoms with E-state index in [1.807, 2.05) is 0 Å². The molecule has 0 saturated carbocycles. The predicted molar refractivity (Wildman–Crippen MR) is 122 cm³/mol. The highest BCUT2D eigenvalue weighted by Gasteiger charge is 2.30. The number of nitrogens with one attached hydrogen (secondary N) is 1. The molecule has 10 heteroatoms. The molecule has 1 atom stereocenters. The Morgan fingerprint density at radius 2 is 1.94 bits per heavy atom. The van der Waals surface area contributed by atoms with Crippen LogP contribution in [-0.2, 0) is 11.2 Å². The molecule has 0 radical (unpaired) electrons. The number of amidine groups is 1. The SMILES string of the molecule is O=C1N/C(=N\N=C/c2ccn(-c3ccccc3F)c2)S[C@@H]1Cc1ccc(SC(F)F)cc1. The number of hydrogen-bond acceptors (Lipinski definition) is 5. The average Bonchev–Trinajstić information content (AvgIpc) is 3.36. The van der Waals surface area contributed by atoms with Gasteiger partial charge in [-0.25, -0.2) is 4.39 Å². The Bertz CT molecular complexity index is 1160. The highest BCUT2D eigenvalue weighted by atomic mass is 32.2. The topological polar surface area (TPSA) is 58.8 Å². The minimum absolute atomic E-state index is 0.180. The summed E-state index contributed by atoms with van der Waals surface area (Å²) in [4.78, 5) is 12.7. The van der Waals surface area contributed by atoms with Gasteiger partial charge in [0.1, 0.15) is 5.82 Å². The summed E-state index contributed by atoms with van der Waals surface area (Å²) in [5.74, 6) is -2.97. The second-order valence-corrected chi connectivity index (χ2v) is 9.03. The highest BCUT2D eigenvalue weighted by Crippen LogP contribution is 2.27. The Kier molecular flexibility index (Phi) is 7.01. The van der Waals surface area contributed by atoms with Gasteiger partial charge >= 0.3 is 0 Å². The van der Waals surface area contributed by atoms with Crippen molar-refractivity contribution in [2.75, 3.05) is 0 Å². The summed E-state index contributed by atoms with van der Waals surface area (Å²) < 4.78 is 40.4. The Balaban J connectivity index is 1.35. The monoisotopic (exact) mass is 474 g/mol. The number of halogens is 3. The van der Waals surface area contributed by atoms with Gasteiger partial charge in [0, 0.05) is 22.9 Å². The van der Waals surface area contributed by atoms with Gasteiger partial charge in [-0.3, -0.25) is 4.79 Å². The molecule has 5 nitrogen and oxygen atoms in total. The number of amides is 1. The fourth-order valence-electron chi connectivity index (χ4n) is 3.06. The summed E-state index contributed by atoms with van der Waals surface area (Å²) in [6.45, 7) is 0. The van der Waals surface area contributed by atoms with Crippen LogP contribution in [0.25, 0.3) is 5.69 Å². The molecule has 1 saturated heterocycles. The van der Waals surface area contributed by atoms with Crippen molar-refractivity contribution >= 4 is 40.8 Å². The number of nitrogens with zero attached hydrogens (tertiary/aromatic N) is 3. The number of benzene rings is 2. The van der Waals surface area contributed by atoms with Crippen molar-refractivity contribution in [2.45, 2.75) is 22.3 Å². The van der Waals surface area contributed by atoms with Gasteiger partial charge in [0.2, 0.25) is 5.91 Å². The first-order valence-electron chi connectivity index (χ1n) is 9.53. The van der Waals surface area contributed by atoms with Gasteiger partial charge in [-0.05, 0) is 42.3 Å². The summed E-state index contributed by atoms with van der Waals surface area (Å²) in [6, 6.07) is 14.9. The first-order valence-corrected chi connectivity index (χ1v) is 11.3. The van der Waals surface area contributed by atoms with Crippen molar-refractivity contribution < 1.29 is 18.0 Å². The first kappa shape index (κ1) is 22.2. The Morgan fingerprint density at radius 1 is 1.16 bits per heavy atom. The third kappa shape index (κ3) is 5.63. The molecule has 1 amide bonds. The van der Waals surface area contributed by atoms with Gasteiger partial charge in [0.05, 0.1) is 17.2 Å². The van der Waals surface area contributed by atoms with E-state index in [9.17, 15) is 18.0 Å². The van der Waals surface area contributed by atoms with Gasteiger partial charge in [-0.15, -0.1) is 5.10 Å². The third-order valence-corrected chi connectivity index (χ3v) is 6.34. The van der Waals surface area contributed by atoms with Crippen molar-refractivity contribution in [3.05, 3.63) is 83.9 Å². The van der Waals surface area contributed by atoms with Crippen LogP contribution in [0.15, 0.2) is 82.1 Å². The molecule has 1 aromatic heterocycles. The van der Waals surface area contributed by atoms with Crippen LogP contribution in [0.1, 0.15) is 11.1 Å². The van der Waals surface area contributed by atoms with E-state index in [0.717, 1.165) is 11.1 Å². The van der Waals surface area contributed by atoms with Crippen molar-refractivity contribution in [3.63, 3.8) is 0 Å². The number of rotatable bonds is 7. The lowest BCUT2D eigenvalue weighted by Crippen LogP contribution is -2.25. The highest BCUT2D eigenvalue weighted by molar-refractivity contribution is 8.15. The number of carbonyl (C=O) groups is 1. The zero-order valence-electron chi connectivity index (χ0n) is 16.5. The molecule has 32 heavy (non-hydrogen) atoms. The van der Waals surface area contributed by atoms with Crippen LogP contribution in [0, 0.1) is 5.82 Å². The third-order valence-electron chi connectivity index (χ3n) is 4.55. The maximum atomic E-state index is 13.9. The smallest absolute Gasteiger partial charge is 0.288 e. The van der Waals surface area contributed by atoms with Crippen LogP contribution in [0.2, 0.25) is 0 Å². The number of aromatic nitrogens is 1. The zero-order valence-corrected chi connectivity index (χ0v) is 18.1. The summed E-state index contributed by atoms with van der Waals surface area (Å²) in [7, 11) is 0. The molecular weight excluding hydrogens is 457 g/mol. The lowest BCUT2D eigenvalue weighted by Gasteiger charge is -2.06. The van der Waals surface area contributed by atoms with Crippen LogP contribution in [0.4, 0.5) is 13.2 Å². The van der Waals surface area contributed by atoms with E-state index in [-0.39, 0.29) is 17.0 Å². The van der Waals surface area contributed by atoms with E-state index in [4.69, 9.17) is 0 Å². The van der Waals surface area contributed by atoms with Crippen molar-refractivity contribution in [2.24, 2.45) is 10.2 Å². The van der Waals surface area contributed by atoms with Crippen LogP contribution in [0.3, 0.4) is 0 Å². The molecular formula is C22H17F3N4OS2. The van der Waals surface area contributed by atoms with Crippen LogP contribution in [-0.4, -0.2) is 32.9 Å². The second-order valence-electron chi connectivity index (χ2n) is 6.78. The van der Waals surface area contributed by atoms with Gasteiger partial charge in [-0.2, -0.15) is 13.9 Å². The van der Waals surface area contributed by atoms with E-state index < -0.39 is 5.76 Å². The van der Waals surface area contributed by atoms with Crippen LogP contribution in [0.5, 0.6) is 0 Å². The summed E-state index contributed by atoms with van der Waals surface area (Å²) in [6.07, 6.45) is 5.41. The normalized spacial score (nSPS) is 17.6. The standard InChI is InChI=1S/C22H17F3N4OS2/c23-17-3-1-2-4-18(17)29-10-9-15(13-29)12-26-28-22-27-20(30)19(32-22)11-14-5-7-16(8-6-14)31-21(24)25/h1-10,12-13,19,21H,11H2,(H,27,28,30)/b26-12-/t19-/m1/s1. The fourth-order valence-corrected chi connectivity index (χ4v) is 4.52. The van der Waals surface area contributed by atoms with Gasteiger partial charge in [0.15, 0.2) is 5.17 Å². The molecule has 4 rings (SSSR count). The van der Waals surface area contributed by atoms with Crippen LogP contribution < -0.4 is 5.32 Å². The molecule has 2 heterocycles. The Hall–Kier alpha value is -2.98. The summed E-state index contributed by atoms with van der Waals surface area (Å²) in [5, 5.41) is 10.8. The lowest BCUT2D eigenvalue weighted by molar-refractivity contribution is -0.118. The molecule has 164 valence electrons. The van der Waals surface area contributed by atoms with E-state index in [1.165, 1.54) is 24.0 Å². The predicted octanol–water partition coefficient (Wildman–Crippen LogP) is 5.10. The molecule has 0 aliphatic carbocycles. The van der Waals surface area contributed by atoms with E-state index in [0.29, 0.717) is 33.9 Å². The summed E-state index contributed by atoms with van der Waals surface area (Å²) in [5.41, 5.74) is 2.03. The summed E-state index contributed by atoms with van der Waals surface area (Å²) >= 11 is 1.75. The molecule has 0 spiro atoms. The van der Waals surface area contributed by atoms with Crippen molar-refractivity contribution in [1.29, 1.82) is 0 Å². The molecule has 2 aromatic carbocycles. The Labute approximate surface area is 190 Å². The second kappa shape index (κ2) is 10.1.